The van der Waals surface area contributed by atoms with Gasteiger partial charge in [-0.05, 0) is 54.2 Å². The predicted octanol–water partition coefficient (Wildman–Crippen LogP) is 4.12. The van der Waals surface area contributed by atoms with E-state index in [1.807, 2.05) is 0 Å². The van der Waals surface area contributed by atoms with E-state index in [-0.39, 0.29) is 11.7 Å². The molecule has 0 spiro atoms. The fourth-order valence-corrected chi connectivity index (χ4v) is 3.78. The molecule has 2 unspecified atom stereocenters. The molecule has 2 aromatic rings. The molecule has 2 atom stereocenters. The Balaban J connectivity index is 1.46. The van der Waals surface area contributed by atoms with Crippen molar-refractivity contribution in [3.05, 3.63) is 60.2 Å². The number of carbonyl (C=O) groups excluding carboxylic acids is 1. The second kappa shape index (κ2) is 10.2. The van der Waals surface area contributed by atoms with Crippen molar-refractivity contribution in [2.24, 2.45) is 11.8 Å². The highest BCUT2D eigenvalue weighted by molar-refractivity contribution is 5.91. The lowest BCUT2D eigenvalue weighted by Crippen LogP contribution is -2.42. The molecule has 1 aromatic heterocycles. The van der Waals surface area contributed by atoms with Crippen molar-refractivity contribution in [2.45, 2.75) is 20.3 Å². The Hall–Kier alpha value is -2.73. The zero-order chi connectivity index (χ0) is 20.6. The maximum absolute atomic E-state index is 14.2. The monoisotopic (exact) mass is 397 g/mol. The molecule has 1 N–H and O–H groups in total. The molecule has 29 heavy (non-hydrogen) atoms. The van der Waals surface area contributed by atoms with Crippen LogP contribution < -0.4 is 10.1 Å². The number of aromatic nitrogens is 1. The Bertz CT molecular complexity index is 831. The lowest BCUT2D eigenvalue weighted by molar-refractivity contribution is -0.116. The number of piperidine rings is 1. The lowest BCUT2D eigenvalue weighted by Gasteiger charge is -2.34. The minimum atomic E-state index is -0.496. The van der Waals surface area contributed by atoms with Gasteiger partial charge >= 0.3 is 0 Å². The van der Waals surface area contributed by atoms with Crippen LogP contribution in [0.3, 0.4) is 0 Å². The molecule has 3 rings (SSSR count). The zero-order valence-electron chi connectivity index (χ0n) is 17.0. The Morgan fingerprint density at radius 1 is 1.31 bits per heavy atom. The number of hydrogen-bond acceptors (Lipinski definition) is 4. The van der Waals surface area contributed by atoms with E-state index < -0.39 is 5.82 Å². The summed E-state index contributed by atoms with van der Waals surface area (Å²) in [6.45, 7) is 8.18. The first-order chi connectivity index (χ1) is 14.0. The first kappa shape index (κ1) is 21.0. The number of pyridine rings is 1. The molecule has 0 bridgehead atoms. The first-order valence-corrected chi connectivity index (χ1v) is 10.1. The maximum atomic E-state index is 14.2. The third-order valence-electron chi connectivity index (χ3n) is 4.92. The average Bonchev–Trinajstić information content (AvgIpc) is 2.68. The number of carbonyl (C=O) groups is 1. The SMILES string of the molecule is CC1CC(C)CN(CCNC(=O)/C=C/c2ccc(Oc3cccnc3)c(F)c2)C1. The van der Waals surface area contributed by atoms with E-state index in [0.29, 0.717) is 29.7 Å². The van der Waals surface area contributed by atoms with Crippen LogP contribution >= 0.6 is 0 Å². The molecule has 154 valence electrons. The van der Waals surface area contributed by atoms with Crippen molar-refractivity contribution in [2.75, 3.05) is 26.2 Å². The van der Waals surface area contributed by atoms with Gasteiger partial charge in [0.25, 0.3) is 0 Å². The standard InChI is InChI=1S/C23H28FN3O2/c1-17-12-18(2)16-27(15-17)11-10-26-23(28)8-6-19-5-7-22(21(24)13-19)29-20-4-3-9-25-14-20/h3-9,13-14,17-18H,10-12,15-16H2,1-2H3,(H,26,28)/b8-6+. The van der Waals surface area contributed by atoms with E-state index in [4.69, 9.17) is 4.74 Å². The van der Waals surface area contributed by atoms with E-state index in [2.05, 4.69) is 29.0 Å². The van der Waals surface area contributed by atoms with Gasteiger partial charge in [0.2, 0.25) is 5.91 Å². The molecular formula is C23H28FN3O2. The highest BCUT2D eigenvalue weighted by Gasteiger charge is 2.21. The Morgan fingerprint density at radius 2 is 2.10 bits per heavy atom. The van der Waals surface area contributed by atoms with Crippen LogP contribution in [0.25, 0.3) is 6.08 Å². The smallest absolute Gasteiger partial charge is 0.244 e. The van der Waals surface area contributed by atoms with Crippen LogP contribution in [0.5, 0.6) is 11.5 Å². The quantitative estimate of drug-likeness (QED) is 0.714. The minimum Gasteiger partial charge on any atom is -0.453 e. The summed E-state index contributed by atoms with van der Waals surface area (Å²) in [5, 5.41) is 2.90. The Labute approximate surface area is 171 Å². The third kappa shape index (κ3) is 6.68. The van der Waals surface area contributed by atoms with Crippen molar-refractivity contribution < 1.29 is 13.9 Å². The van der Waals surface area contributed by atoms with Gasteiger partial charge in [0.1, 0.15) is 5.75 Å². The van der Waals surface area contributed by atoms with Crippen LogP contribution in [-0.4, -0.2) is 42.0 Å². The van der Waals surface area contributed by atoms with Crippen molar-refractivity contribution in [3.63, 3.8) is 0 Å². The largest absolute Gasteiger partial charge is 0.453 e. The summed E-state index contributed by atoms with van der Waals surface area (Å²) in [6, 6.07) is 8.00. The number of ether oxygens (including phenoxy) is 1. The minimum absolute atomic E-state index is 0.115. The molecule has 1 aliphatic heterocycles. The molecule has 0 saturated carbocycles. The van der Waals surface area contributed by atoms with E-state index >= 15 is 0 Å². The number of nitrogens with one attached hydrogen (secondary N) is 1. The molecule has 1 aromatic carbocycles. The molecular weight excluding hydrogens is 369 g/mol. The van der Waals surface area contributed by atoms with Crippen LogP contribution in [0, 0.1) is 17.7 Å². The van der Waals surface area contributed by atoms with Gasteiger partial charge < -0.3 is 15.0 Å². The van der Waals surface area contributed by atoms with Crippen LogP contribution in [0.2, 0.25) is 0 Å². The van der Waals surface area contributed by atoms with Crippen molar-refractivity contribution in [3.8, 4) is 11.5 Å². The molecule has 2 heterocycles. The number of hydrogen-bond donors (Lipinski definition) is 1. The molecule has 0 aliphatic carbocycles. The number of nitrogens with zero attached hydrogens (tertiary/aromatic N) is 2. The summed E-state index contributed by atoms with van der Waals surface area (Å²) in [4.78, 5) is 18.4. The summed E-state index contributed by atoms with van der Waals surface area (Å²) in [7, 11) is 0. The number of likely N-dealkylation sites (tertiary alicyclic amines) is 1. The van der Waals surface area contributed by atoms with Gasteiger partial charge in [0, 0.05) is 38.5 Å². The molecule has 0 radical (unpaired) electrons. The number of rotatable bonds is 7. The second-order valence-corrected chi connectivity index (χ2v) is 7.81. The number of amides is 1. The summed E-state index contributed by atoms with van der Waals surface area (Å²) in [6.07, 6.45) is 7.43. The average molecular weight is 397 g/mol. The van der Waals surface area contributed by atoms with Gasteiger partial charge in [-0.2, -0.15) is 0 Å². The summed E-state index contributed by atoms with van der Waals surface area (Å²) < 4.78 is 19.7. The Morgan fingerprint density at radius 3 is 2.79 bits per heavy atom. The Kier molecular flexibility index (Phi) is 7.36. The van der Waals surface area contributed by atoms with Gasteiger partial charge in [-0.1, -0.05) is 19.9 Å². The second-order valence-electron chi connectivity index (χ2n) is 7.81. The summed E-state index contributed by atoms with van der Waals surface area (Å²) >= 11 is 0. The third-order valence-corrected chi connectivity index (χ3v) is 4.92. The summed E-state index contributed by atoms with van der Waals surface area (Å²) in [5.74, 6) is 1.31. The molecule has 1 amide bonds. The van der Waals surface area contributed by atoms with Crippen LogP contribution in [-0.2, 0) is 4.79 Å². The van der Waals surface area contributed by atoms with Gasteiger partial charge in [-0.3, -0.25) is 9.78 Å². The first-order valence-electron chi connectivity index (χ1n) is 10.1. The van der Waals surface area contributed by atoms with E-state index in [1.165, 1.54) is 24.8 Å². The van der Waals surface area contributed by atoms with E-state index in [9.17, 15) is 9.18 Å². The normalized spacial score (nSPS) is 20.0. The summed E-state index contributed by atoms with van der Waals surface area (Å²) in [5.41, 5.74) is 0.592. The molecule has 1 saturated heterocycles. The van der Waals surface area contributed by atoms with Crippen molar-refractivity contribution in [1.82, 2.24) is 15.2 Å². The van der Waals surface area contributed by atoms with Crippen LogP contribution in [0.1, 0.15) is 25.8 Å². The lowest BCUT2D eigenvalue weighted by atomic mass is 9.92. The van der Waals surface area contributed by atoms with Crippen molar-refractivity contribution in [1.29, 1.82) is 0 Å². The van der Waals surface area contributed by atoms with Crippen molar-refractivity contribution >= 4 is 12.0 Å². The predicted molar refractivity (Wildman–Crippen MR) is 112 cm³/mol. The molecule has 6 heteroatoms. The molecule has 5 nitrogen and oxygen atoms in total. The van der Waals surface area contributed by atoms with Crippen LogP contribution in [0.15, 0.2) is 48.8 Å². The fraction of sp³-hybridized carbons (Fsp3) is 0.391. The number of halogens is 1. The topological polar surface area (TPSA) is 54.5 Å². The molecule has 1 aliphatic rings. The van der Waals surface area contributed by atoms with E-state index in [1.54, 1.807) is 36.5 Å². The van der Waals surface area contributed by atoms with Gasteiger partial charge in [-0.25, -0.2) is 4.39 Å². The highest BCUT2D eigenvalue weighted by Crippen LogP contribution is 2.25. The number of benzene rings is 1. The zero-order valence-corrected chi connectivity index (χ0v) is 17.0. The maximum Gasteiger partial charge on any atom is 0.244 e. The fourth-order valence-electron chi connectivity index (χ4n) is 3.78. The van der Waals surface area contributed by atoms with Gasteiger partial charge in [0.15, 0.2) is 11.6 Å². The highest BCUT2D eigenvalue weighted by atomic mass is 19.1. The van der Waals surface area contributed by atoms with Gasteiger partial charge in [-0.15, -0.1) is 0 Å². The van der Waals surface area contributed by atoms with Crippen LogP contribution in [0.4, 0.5) is 4.39 Å². The van der Waals surface area contributed by atoms with Gasteiger partial charge in [0.05, 0.1) is 6.20 Å². The van der Waals surface area contributed by atoms with E-state index in [0.717, 1.165) is 19.6 Å². The molecule has 1 fully saturated rings.